The standard InChI is InChI=1S/C20H14ClN3O3S3/c21-13-7-9-14(10-8-13)30(26,27)24-16-5-2-1-4-15(16)19(25)23-20-22-17(12-29-20)18-6-3-11-28-18/h1-12,24H,(H,22,23,25). The van der Waals surface area contributed by atoms with Crippen LogP contribution in [0.25, 0.3) is 10.6 Å². The number of hydrogen-bond donors (Lipinski definition) is 2. The van der Waals surface area contributed by atoms with Crippen molar-refractivity contribution in [1.29, 1.82) is 0 Å². The van der Waals surface area contributed by atoms with Gasteiger partial charge in [-0.25, -0.2) is 13.4 Å². The highest BCUT2D eigenvalue weighted by molar-refractivity contribution is 7.92. The minimum atomic E-state index is -3.88. The van der Waals surface area contributed by atoms with Crippen LogP contribution in [-0.4, -0.2) is 19.3 Å². The first kappa shape index (κ1) is 20.5. The molecule has 2 N–H and O–H groups in total. The molecule has 0 aliphatic rings. The molecule has 30 heavy (non-hydrogen) atoms. The van der Waals surface area contributed by atoms with Crippen molar-refractivity contribution in [2.75, 3.05) is 10.0 Å². The van der Waals surface area contributed by atoms with Gasteiger partial charge in [0.1, 0.15) is 0 Å². The first-order chi connectivity index (χ1) is 14.4. The fourth-order valence-electron chi connectivity index (χ4n) is 2.62. The maximum absolute atomic E-state index is 12.8. The molecule has 0 unspecified atom stereocenters. The van der Waals surface area contributed by atoms with Crippen molar-refractivity contribution in [2.24, 2.45) is 0 Å². The van der Waals surface area contributed by atoms with Gasteiger partial charge >= 0.3 is 0 Å². The predicted octanol–water partition coefficient (Wildman–Crippen LogP) is 5.58. The lowest BCUT2D eigenvalue weighted by molar-refractivity contribution is 0.102. The molecule has 0 spiro atoms. The molecule has 4 aromatic rings. The topological polar surface area (TPSA) is 88.2 Å². The molecule has 1 amide bonds. The SMILES string of the molecule is O=C(Nc1nc(-c2cccs2)cs1)c1ccccc1NS(=O)(=O)c1ccc(Cl)cc1. The molecule has 4 rings (SSSR count). The first-order valence-corrected chi connectivity index (χ1v) is 12.2. The molecule has 6 nitrogen and oxygen atoms in total. The zero-order chi connectivity index (χ0) is 21.1. The molecular formula is C20H14ClN3O3S3. The summed E-state index contributed by atoms with van der Waals surface area (Å²) in [6.07, 6.45) is 0. The van der Waals surface area contributed by atoms with E-state index in [1.54, 1.807) is 29.5 Å². The number of thiophene rings is 1. The predicted molar refractivity (Wildman–Crippen MR) is 122 cm³/mol. The molecule has 0 fully saturated rings. The zero-order valence-electron chi connectivity index (χ0n) is 15.2. The van der Waals surface area contributed by atoms with E-state index in [0.717, 1.165) is 10.6 Å². The zero-order valence-corrected chi connectivity index (χ0v) is 18.4. The van der Waals surface area contributed by atoms with Crippen LogP contribution in [0.3, 0.4) is 0 Å². The van der Waals surface area contributed by atoms with Gasteiger partial charge in [0.05, 0.1) is 26.7 Å². The normalized spacial score (nSPS) is 11.2. The van der Waals surface area contributed by atoms with E-state index in [2.05, 4.69) is 15.0 Å². The van der Waals surface area contributed by atoms with E-state index in [1.165, 1.54) is 41.7 Å². The maximum Gasteiger partial charge on any atom is 0.261 e. The fourth-order valence-corrected chi connectivity index (χ4v) is 5.29. The molecule has 2 aromatic heterocycles. The van der Waals surface area contributed by atoms with Crippen LogP contribution in [-0.2, 0) is 10.0 Å². The minimum Gasteiger partial charge on any atom is -0.298 e. The van der Waals surface area contributed by atoms with Gasteiger partial charge in [0.15, 0.2) is 5.13 Å². The van der Waals surface area contributed by atoms with Gasteiger partial charge in [-0.1, -0.05) is 29.8 Å². The third kappa shape index (κ3) is 4.54. The Labute approximate surface area is 186 Å². The van der Waals surface area contributed by atoms with Gasteiger partial charge in [-0.2, -0.15) is 0 Å². The number of hydrogen-bond acceptors (Lipinski definition) is 6. The average Bonchev–Trinajstić information content (AvgIpc) is 3.40. The van der Waals surface area contributed by atoms with Gasteiger partial charge in [-0.15, -0.1) is 22.7 Å². The van der Waals surface area contributed by atoms with Crippen molar-refractivity contribution in [2.45, 2.75) is 4.90 Å². The molecule has 0 saturated heterocycles. The molecule has 2 heterocycles. The Morgan fingerprint density at radius 2 is 1.73 bits per heavy atom. The Hall–Kier alpha value is -2.72. The molecule has 0 radical (unpaired) electrons. The molecule has 0 aliphatic heterocycles. The number of carbonyl (C=O) groups is 1. The number of sulfonamides is 1. The van der Waals surface area contributed by atoms with Gasteiger partial charge in [0, 0.05) is 10.4 Å². The van der Waals surface area contributed by atoms with Gasteiger partial charge in [0.2, 0.25) is 0 Å². The number of halogens is 1. The maximum atomic E-state index is 12.8. The van der Waals surface area contributed by atoms with Crippen molar-refractivity contribution in [3.05, 3.63) is 82.0 Å². The van der Waals surface area contributed by atoms with Crippen molar-refractivity contribution >= 4 is 61.0 Å². The van der Waals surface area contributed by atoms with Crippen LogP contribution in [0.5, 0.6) is 0 Å². The number of rotatable bonds is 6. The largest absolute Gasteiger partial charge is 0.298 e. The van der Waals surface area contributed by atoms with Crippen LogP contribution in [0.4, 0.5) is 10.8 Å². The Kier molecular flexibility index (Phi) is 5.87. The number of nitrogens with zero attached hydrogens (tertiary/aromatic N) is 1. The van der Waals surface area contributed by atoms with Crippen LogP contribution in [0, 0.1) is 0 Å². The third-order valence-electron chi connectivity index (χ3n) is 4.04. The first-order valence-electron chi connectivity index (χ1n) is 8.60. The summed E-state index contributed by atoms with van der Waals surface area (Å²) in [6, 6.07) is 16.0. The summed E-state index contributed by atoms with van der Waals surface area (Å²) >= 11 is 8.69. The summed E-state index contributed by atoms with van der Waals surface area (Å²) < 4.78 is 27.8. The molecule has 0 saturated carbocycles. The Morgan fingerprint density at radius 3 is 2.47 bits per heavy atom. The molecule has 0 aliphatic carbocycles. The number of benzene rings is 2. The van der Waals surface area contributed by atoms with Gasteiger partial charge in [0.25, 0.3) is 15.9 Å². The van der Waals surface area contributed by atoms with Crippen molar-refractivity contribution in [3.63, 3.8) is 0 Å². The van der Waals surface area contributed by atoms with Crippen LogP contribution in [0.1, 0.15) is 10.4 Å². The summed E-state index contributed by atoms with van der Waals surface area (Å²) in [5, 5.41) is 7.41. The molecule has 0 atom stereocenters. The molecule has 0 bridgehead atoms. The molecule has 152 valence electrons. The average molecular weight is 476 g/mol. The van der Waals surface area contributed by atoms with Gasteiger partial charge in [-0.3, -0.25) is 14.8 Å². The number of para-hydroxylation sites is 1. The Morgan fingerprint density at radius 1 is 0.967 bits per heavy atom. The minimum absolute atomic E-state index is 0.0441. The molecule has 10 heteroatoms. The van der Waals surface area contributed by atoms with E-state index >= 15 is 0 Å². The molecule has 2 aromatic carbocycles. The lowest BCUT2D eigenvalue weighted by atomic mass is 10.2. The second-order valence-corrected chi connectivity index (χ2v) is 10.00. The lowest BCUT2D eigenvalue weighted by Crippen LogP contribution is -2.18. The summed E-state index contributed by atoms with van der Waals surface area (Å²) in [6.45, 7) is 0. The van der Waals surface area contributed by atoms with Gasteiger partial charge in [-0.05, 0) is 47.8 Å². The summed E-state index contributed by atoms with van der Waals surface area (Å²) in [7, 11) is -3.88. The van der Waals surface area contributed by atoms with Crippen molar-refractivity contribution in [3.8, 4) is 10.6 Å². The van der Waals surface area contributed by atoms with Gasteiger partial charge < -0.3 is 0 Å². The van der Waals surface area contributed by atoms with E-state index in [9.17, 15) is 13.2 Å². The fraction of sp³-hybridized carbons (Fsp3) is 0. The number of nitrogens with one attached hydrogen (secondary N) is 2. The quantitative estimate of drug-likeness (QED) is 0.381. The van der Waals surface area contributed by atoms with Crippen LogP contribution in [0.2, 0.25) is 5.02 Å². The summed E-state index contributed by atoms with van der Waals surface area (Å²) in [5.41, 5.74) is 1.13. The second-order valence-electron chi connectivity index (χ2n) is 6.07. The van der Waals surface area contributed by atoms with Crippen molar-refractivity contribution in [1.82, 2.24) is 4.98 Å². The number of anilines is 2. The number of amides is 1. The van der Waals surface area contributed by atoms with E-state index in [-0.39, 0.29) is 16.1 Å². The van der Waals surface area contributed by atoms with Crippen LogP contribution >= 0.6 is 34.3 Å². The molecular weight excluding hydrogens is 462 g/mol. The third-order valence-corrected chi connectivity index (χ3v) is 7.32. The summed E-state index contributed by atoms with van der Waals surface area (Å²) in [4.78, 5) is 18.3. The Bertz CT molecular complexity index is 1280. The van der Waals surface area contributed by atoms with E-state index in [4.69, 9.17) is 11.6 Å². The monoisotopic (exact) mass is 475 g/mol. The van der Waals surface area contributed by atoms with Crippen molar-refractivity contribution < 1.29 is 13.2 Å². The highest BCUT2D eigenvalue weighted by Crippen LogP contribution is 2.29. The lowest BCUT2D eigenvalue weighted by Gasteiger charge is -2.12. The number of carbonyl (C=O) groups excluding carboxylic acids is 1. The summed E-state index contributed by atoms with van der Waals surface area (Å²) in [5.74, 6) is -0.462. The highest BCUT2D eigenvalue weighted by atomic mass is 35.5. The number of aromatic nitrogens is 1. The number of thiazole rings is 1. The van der Waals surface area contributed by atoms with E-state index in [1.807, 2.05) is 22.9 Å². The Balaban J connectivity index is 1.55. The van der Waals surface area contributed by atoms with Crippen LogP contribution < -0.4 is 10.0 Å². The highest BCUT2D eigenvalue weighted by Gasteiger charge is 2.19. The van der Waals surface area contributed by atoms with E-state index < -0.39 is 15.9 Å². The van der Waals surface area contributed by atoms with E-state index in [0.29, 0.717) is 10.2 Å². The second kappa shape index (κ2) is 8.57. The van der Waals surface area contributed by atoms with Crippen LogP contribution in [0.15, 0.2) is 76.3 Å². The smallest absolute Gasteiger partial charge is 0.261 e.